The first kappa shape index (κ1) is 16.5. The van der Waals surface area contributed by atoms with Gasteiger partial charge in [-0.25, -0.2) is 0 Å². The molecule has 0 bridgehead atoms. The molecule has 1 saturated carbocycles. The molecular formula is C18H26N2O2. The Bertz CT molecular complexity index is 508. The summed E-state index contributed by atoms with van der Waals surface area (Å²) >= 11 is 0. The third kappa shape index (κ3) is 5.17. The van der Waals surface area contributed by atoms with Gasteiger partial charge in [-0.05, 0) is 43.7 Å². The summed E-state index contributed by atoms with van der Waals surface area (Å²) in [5.41, 5.74) is 2.13. The summed E-state index contributed by atoms with van der Waals surface area (Å²) in [4.78, 5) is 17.2. The zero-order valence-corrected chi connectivity index (χ0v) is 13.5. The maximum absolute atomic E-state index is 12.0. The number of oxime groups is 1. The number of amides is 1. The van der Waals surface area contributed by atoms with Crippen molar-refractivity contribution in [2.75, 3.05) is 6.54 Å². The van der Waals surface area contributed by atoms with Gasteiger partial charge in [-0.2, -0.15) is 0 Å². The van der Waals surface area contributed by atoms with E-state index in [0.717, 1.165) is 17.7 Å². The summed E-state index contributed by atoms with van der Waals surface area (Å²) in [6.45, 7) is 4.50. The first-order valence-corrected chi connectivity index (χ1v) is 8.19. The summed E-state index contributed by atoms with van der Waals surface area (Å²) in [5, 5.41) is 6.91. The van der Waals surface area contributed by atoms with Crippen molar-refractivity contribution in [1.82, 2.24) is 5.32 Å². The van der Waals surface area contributed by atoms with Crippen molar-refractivity contribution in [1.29, 1.82) is 0 Å². The minimum atomic E-state index is -0.566. The van der Waals surface area contributed by atoms with E-state index < -0.39 is 6.10 Å². The third-order valence-corrected chi connectivity index (χ3v) is 4.26. The monoisotopic (exact) mass is 302 g/mol. The number of rotatable bonds is 6. The fourth-order valence-corrected chi connectivity index (χ4v) is 2.74. The van der Waals surface area contributed by atoms with E-state index in [-0.39, 0.29) is 5.91 Å². The molecule has 0 heterocycles. The SMILES string of the molecule is Cc1ccccc1C=NOC(C)C(=O)NCC1CCCCC1. The van der Waals surface area contributed by atoms with Gasteiger partial charge in [-0.1, -0.05) is 48.7 Å². The first-order valence-electron chi connectivity index (χ1n) is 8.19. The predicted octanol–water partition coefficient (Wildman–Crippen LogP) is 3.43. The lowest BCUT2D eigenvalue weighted by Gasteiger charge is -2.22. The van der Waals surface area contributed by atoms with E-state index in [1.54, 1.807) is 13.1 Å². The number of carbonyl (C=O) groups is 1. The quantitative estimate of drug-likeness (QED) is 0.646. The average molecular weight is 302 g/mol. The van der Waals surface area contributed by atoms with Gasteiger partial charge in [0.05, 0.1) is 6.21 Å². The van der Waals surface area contributed by atoms with Crippen LogP contribution in [0.15, 0.2) is 29.4 Å². The van der Waals surface area contributed by atoms with Crippen molar-refractivity contribution >= 4 is 12.1 Å². The molecule has 4 heteroatoms. The molecule has 2 rings (SSSR count). The minimum Gasteiger partial charge on any atom is -0.383 e. The number of benzene rings is 1. The van der Waals surface area contributed by atoms with Gasteiger partial charge < -0.3 is 10.2 Å². The number of nitrogens with one attached hydrogen (secondary N) is 1. The second kappa shape index (κ2) is 8.57. The molecule has 1 fully saturated rings. The Kier molecular flexibility index (Phi) is 6.44. The summed E-state index contributed by atoms with van der Waals surface area (Å²) in [5.74, 6) is 0.535. The zero-order valence-electron chi connectivity index (χ0n) is 13.5. The highest BCUT2D eigenvalue weighted by atomic mass is 16.6. The molecule has 1 aromatic rings. The van der Waals surface area contributed by atoms with Crippen molar-refractivity contribution < 1.29 is 9.63 Å². The van der Waals surface area contributed by atoms with Crippen LogP contribution in [0.2, 0.25) is 0 Å². The van der Waals surface area contributed by atoms with Crippen LogP contribution in [-0.2, 0) is 9.63 Å². The lowest BCUT2D eigenvalue weighted by atomic mass is 9.89. The van der Waals surface area contributed by atoms with Crippen LogP contribution in [0.25, 0.3) is 0 Å². The van der Waals surface area contributed by atoms with Crippen LogP contribution in [0, 0.1) is 12.8 Å². The van der Waals surface area contributed by atoms with Crippen molar-refractivity contribution in [3.63, 3.8) is 0 Å². The average Bonchev–Trinajstić information content (AvgIpc) is 2.55. The van der Waals surface area contributed by atoms with Crippen molar-refractivity contribution in [3.8, 4) is 0 Å². The largest absolute Gasteiger partial charge is 0.383 e. The van der Waals surface area contributed by atoms with Crippen molar-refractivity contribution in [2.45, 2.75) is 52.1 Å². The standard InChI is InChI=1S/C18H26N2O2/c1-14-8-6-7-11-17(14)13-20-22-15(2)18(21)19-12-16-9-4-3-5-10-16/h6-8,11,13,15-16H,3-5,9-10,12H2,1-2H3,(H,19,21). The van der Waals surface area contributed by atoms with Gasteiger partial charge >= 0.3 is 0 Å². The van der Waals surface area contributed by atoms with Crippen LogP contribution >= 0.6 is 0 Å². The van der Waals surface area contributed by atoms with E-state index in [4.69, 9.17) is 4.84 Å². The molecule has 4 nitrogen and oxygen atoms in total. The zero-order chi connectivity index (χ0) is 15.8. The highest BCUT2D eigenvalue weighted by molar-refractivity contribution is 5.82. The molecule has 0 aromatic heterocycles. The van der Waals surface area contributed by atoms with E-state index in [1.165, 1.54) is 32.1 Å². The van der Waals surface area contributed by atoms with Crippen molar-refractivity contribution in [3.05, 3.63) is 35.4 Å². The summed E-state index contributed by atoms with van der Waals surface area (Å²) < 4.78 is 0. The highest BCUT2D eigenvalue weighted by Crippen LogP contribution is 2.22. The molecule has 0 saturated heterocycles. The van der Waals surface area contributed by atoms with Crippen LogP contribution in [-0.4, -0.2) is 24.8 Å². The van der Waals surface area contributed by atoms with E-state index in [1.807, 2.05) is 31.2 Å². The third-order valence-electron chi connectivity index (χ3n) is 4.26. The number of hydrogen-bond donors (Lipinski definition) is 1. The van der Waals surface area contributed by atoms with Gasteiger partial charge in [-0.3, -0.25) is 4.79 Å². The Morgan fingerprint density at radius 3 is 2.82 bits per heavy atom. The minimum absolute atomic E-state index is 0.0903. The maximum Gasteiger partial charge on any atom is 0.263 e. The fourth-order valence-electron chi connectivity index (χ4n) is 2.74. The van der Waals surface area contributed by atoms with Gasteiger partial charge in [0.25, 0.3) is 5.91 Å². The summed E-state index contributed by atoms with van der Waals surface area (Å²) in [7, 11) is 0. The Morgan fingerprint density at radius 2 is 2.09 bits per heavy atom. The molecule has 1 N–H and O–H groups in total. The topological polar surface area (TPSA) is 50.7 Å². The summed E-state index contributed by atoms with van der Waals surface area (Å²) in [6.07, 6.45) is 7.43. The Balaban J connectivity index is 1.73. The number of carbonyl (C=O) groups excluding carboxylic acids is 1. The van der Waals surface area contributed by atoms with Crippen LogP contribution in [0.5, 0.6) is 0 Å². The van der Waals surface area contributed by atoms with Gasteiger partial charge in [0.1, 0.15) is 0 Å². The second-order valence-electron chi connectivity index (χ2n) is 6.09. The number of aryl methyl sites for hydroxylation is 1. The number of hydrogen-bond acceptors (Lipinski definition) is 3. The lowest BCUT2D eigenvalue weighted by Crippen LogP contribution is -2.37. The highest BCUT2D eigenvalue weighted by Gasteiger charge is 2.18. The second-order valence-corrected chi connectivity index (χ2v) is 6.09. The number of nitrogens with zero attached hydrogens (tertiary/aromatic N) is 1. The van der Waals surface area contributed by atoms with Crippen LogP contribution in [0.4, 0.5) is 0 Å². The van der Waals surface area contributed by atoms with Crippen molar-refractivity contribution in [2.24, 2.45) is 11.1 Å². The molecule has 1 aliphatic rings. The molecule has 1 aliphatic carbocycles. The molecule has 22 heavy (non-hydrogen) atoms. The smallest absolute Gasteiger partial charge is 0.263 e. The first-order chi connectivity index (χ1) is 10.7. The predicted molar refractivity (Wildman–Crippen MR) is 88.9 cm³/mol. The van der Waals surface area contributed by atoms with Gasteiger partial charge in [0, 0.05) is 6.54 Å². The molecule has 1 amide bonds. The van der Waals surface area contributed by atoms with E-state index >= 15 is 0 Å². The molecule has 0 aliphatic heterocycles. The maximum atomic E-state index is 12.0. The van der Waals surface area contributed by atoms with E-state index in [0.29, 0.717) is 5.92 Å². The van der Waals surface area contributed by atoms with Crippen LogP contribution in [0.1, 0.15) is 50.2 Å². The Hall–Kier alpha value is -1.84. The van der Waals surface area contributed by atoms with Gasteiger partial charge in [-0.15, -0.1) is 0 Å². The molecule has 1 unspecified atom stereocenters. The molecule has 1 atom stereocenters. The Labute approximate surface area is 132 Å². The van der Waals surface area contributed by atoms with Crippen LogP contribution in [0.3, 0.4) is 0 Å². The molecule has 120 valence electrons. The Morgan fingerprint density at radius 1 is 1.36 bits per heavy atom. The lowest BCUT2D eigenvalue weighted by molar-refractivity contribution is -0.131. The molecular weight excluding hydrogens is 276 g/mol. The summed E-state index contributed by atoms with van der Waals surface area (Å²) in [6, 6.07) is 7.92. The molecule has 0 radical (unpaired) electrons. The fraction of sp³-hybridized carbons (Fsp3) is 0.556. The molecule has 0 spiro atoms. The molecule has 1 aromatic carbocycles. The van der Waals surface area contributed by atoms with Crippen LogP contribution < -0.4 is 5.32 Å². The van der Waals surface area contributed by atoms with Gasteiger partial charge in [0.2, 0.25) is 6.10 Å². The normalized spacial score (nSPS) is 17.4. The van der Waals surface area contributed by atoms with E-state index in [2.05, 4.69) is 10.5 Å². The van der Waals surface area contributed by atoms with E-state index in [9.17, 15) is 4.79 Å². The van der Waals surface area contributed by atoms with Gasteiger partial charge in [0.15, 0.2) is 0 Å².